The summed E-state index contributed by atoms with van der Waals surface area (Å²) in [6.07, 6.45) is 13.2. The smallest absolute Gasteiger partial charge is 0.0971 e. The van der Waals surface area contributed by atoms with Gasteiger partial charge in [0.25, 0.3) is 0 Å². The maximum absolute atomic E-state index is 6.53. The molecule has 2 nitrogen and oxygen atoms in total. The molecule has 0 heterocycles. The first kappa shape index (κ1) is 24.6. The van der Waals surface area contributed by atoms with Crippen LogP contribution >= 0.6 is 0 Å². The molecule has 0 aliphatic heterocycles. The third kappa shape index (κ3) is 3.98. The van der Waals surface area contributed by atoms with Crippen LogP contribution in [0.5, 0.6) is 0 Å². The predicted molar refractivity (Wildman–Crippen MR) is 139 cm³/mol. The third-order valence-electron chi connectivity index (χ3n) is 12.1. The molecule has 2 N–H and O–H groups in total. The monoisotopic (exact) mass is 442 g/mol. The van der Waals surface area contributed by atoms with Crippen molar-refractivity contribution >= 4 is 5.84 Å². The molecule has 2 heteroatoms. The normalized spacial score (nSPS) is 46.5. The lowest BCUT2D eigenvalue weighted by Crippen LogP contribution is -2.54. The molecule has 4 aliphatic rings. The zero-order valence-electron chi connectivity index (χ0n) is 22.7. The van der Waals surface area contributed by atoms with Crippen LogP contribution in [0.3, 0.4) is 0 Å². The molecule has 4 aliphatic carbocycles. The van der Waals surface area contributed by atoms with E-state index in [4.69, 9.17) is 10.7 Å². The van der Waals surface area contributed by atoms with Crippen LogP contribution in [0.4, 0.5) is 0 Å². The van der Waals surface area contributed by atoms with Crippen molar-refractivity contribution in [1.29, 1.82) is 0 Å². The average molecular weight is 443 g/mol. The van der Waals surface area contributed by atoms with Gasteiger partial charge in [-0.2, -0.15) is 0 Å². The Hall–Kier alpha value is -0.530. The van der Waals surface area contributed by atoms with Crippen LogP contribution in [0.2, 0.25) is 0 Å². The molecule has 0 aromatic heterocycles. The first-order valence-electron chi connectivity index (χ1n) is 14.3. The van der Waals surface area contributed by atoms with Gasteiger partial charge in [-0.15, -0.1) is 0 Å². The number of aliphatic imine (C=N–C) groups is 1. The first-order chi connectivity index (χ1) is 15.0. The molecule has 0 bridgehead atoms. The molecule has 4 rings (SSSR count). The summed E-state index contributed by atoms with van der Waals surface area (Å²) in [5.74, 6) is 8.62. The number of fused-ring (bicyclic) bond motifs is 5. The Morgan fingerprint density at radius 1 is 0.812 bits per heavy atom. The van der Waals surface area contributed by atoms with E-state index in [0.717, 1.165) is 53.2 Å². The lowest BCUT2D eigenvalue weighted by molar-refractivity contribution is -0.123. The summed E-state index contributed by atoms with van der Waals surface area (Å²) in [5, 5.41) is 0. The largest absolute Gasteiger partial charge is 0.387 e. The summed E-state index contributed by atoms with van der Waals surface area (Å²) in [4.78, 5) is 4.76. The van der Waals surface area contributed by atoms with Gasteiger partial charge in [0.2, 0.25) is 0 Å². The van der Waals surface area contributed by atoms with Crippen molar-refractivity contribution in [3.63, 3.8) is 0 Å². The zero-order valence-corrected chi connectivity index (χ0v) is 22.7. The molecule has 0 saturated heterocycles. The van der Waals surface area contributed by atoms with Gasteiger partial charge < -0.3 is 5.73 Å². The standard InChI is InChI=1S/C30H54N2/c1-18(2)20(5)22-13-15-29(7)23(17-22)9-10-24-26-12-11-25(21(6)28(31)32-19(3)4)30(26,8)16-14-27(24)29/h18-27H,9-17H2,1-8H3,(H2,31,32). The van der Waals surface area contributed by atoms with Gasteiger partial charge in [-0.1, -0.05) is 41.5 Å². The lowest BCUT2D eigenvalue weighted by Gasteiger charge is -2.62. The number of rotatable bonds is 5. The molecule has 0 spiro atoms. The van der Waals surface area contributed by atoms with Crippen molar-refractivity contribution in [1.82, 2.24) is 0 Å². The highest BCUT2D eigenvalue weighted by Crippen LogP contribution is 2.68. The van der Waals surface area contributed by atoms with Gasteiger partial charge in [0, 0.05) is 12.0 Å². The van der Waals surface area contributed by atoms with E-state index in [2.05, 4.69) is 55.4 Å². The van der Waals surface area contributed by atoms with E-state index in [1.54, 1.807) is 0 Å². The first-order valence-corrected chi connectivity index (χ1v) is 14.3. The topological polar surface area (TPSA) is 38.4 Å². The van der Waals surface area contributed by atoms with Gasteiger partial charge in [0.15, 0.2) is 0 Å². The van der Waals surface area contributed by atoms with Crippen LogP contribution in [-0.2, 0) is 0 Å². The van der Waals surface area contributed by atoms with Gasteiger partial charge in [0.1, 0.15) is 0 Å². The second kappa shape index (κ2) is 8.92. The van der Waals surface area contributed by atoms with Crippen molar-refractivity contribution in [2.24, 2.45) is 74.8 Å². The maximum atomic E-state index is 6.53. The number of hydrogen-bond acceptors (Lipinski definition) is 1. The van der Waals surface area contributed by atoms with E-state index in [0.29, 0.717) is 22.8 Å². The molecule has 10 unspecified atom stereocenters. The Morgan fingerprint density at radius 2 is 1.47 bits per heavy atom. The number of nitrogens with two attached hydrogens (primary N) is 1. The van der Waals surface area contributed by atoms with Gasteiger partial charge in [-0.25, -0.2) is 0 Å². The number of nitrogens with zero attached hydrogens (tertiary/aromatic N) is 1. The van der Waals surface area contributed by atoms with Crippen LogP contribution < -0.4 is 5.73 Å². The van der Waals surface area contributed by atoms with E-state index < -0.39 is 0 Å². The molecule has 0 radical (unpaired) electrons. The zero-order chi connectivity index (χ0) is 23.4. The highest BCUT2D eigenvalue weighted by atomic mass is 14.9. The SMILES string of the molecule is CC(C)N=C(N)C(C)C1CCC2C3CCC4CC(C(C)C(C)C)CCC4(C)C3CCC12C. The third-order valence-corrected chi connectivity index (χ3v) is 12.1. The fourth-order valence-electron chi connectivity index (χ4n) is 9.80. The maximum Gasteiger partial charge on any atom is 0.0971 e. The minimum absolute atomic E-state index is 0.307. The Kier molecular flexibility index (Phi) is 6.85. The molecule has 184 valence electrons. The molecular formula is C30H54N2. The minimum atomic E-state index is 0.307. The number of hydrogen-bond donors (Lipinski definition) is 1. The fourth-order valence-corrected chi connectivity index (χ4v) is 9.80. The number of amidine groups is 1. The van der Waals surface area contributed by atoms with Crippen molar-refractivity contribution in [2.75, 3.05) is 0 Å². The summed E-state index contributed by atoms with van der Waals surface area (Å²) < 4.78 is 0. The highest BCUT2D eigenvalue weighted by molar-refractivity contribution is 5.83. The molecule has 0 aromatic carbocycles. The van der Waals surface area contributed by atoms with Gasteiger partial charge >= 0.3 is 0 Å². The van der Waals surface area contributed by atoms with E-state index in [1.165, 1.54) is 57.8 Å². The van der Waals surface area contributed by atoms with Crippen molar-refractivity contribution in [2.45, 2.75) is 119 Å². The second-order valence-corrected chi connectivity index (χ2v) is 14.0. The molecule has 0 amide bonds. The van der Waals surface area contributed by atoms with Crippen LogP contribution in [0.25, 0.3) is 0 Å². The van der Waals surface area contributed by atoms with Gasteiger partial charge in [-0.3, -0.25) is 4.99 Å². The van der Waals surface area contributed by atoms with Gasteiger partial charge in [0.05, 0.1) is 5.84 Å². The summed E-state index contributed by atoms with van der Waals surface area (Å²) in [7, 11) is 0. The second-order valence-electron chi connectivity index (χ2n) is 14.0. The minimum Gasteiger partial charge on any atom is -0.387 e. The van der Waals surface area contributed by atoms with Gasteiger partial charge in [-0.05, 0) is 130 Å². The van der Waals surface area contributed by atoms with Crippen LogP contribution in [0, 0.1) is 64.1 Å². The van der Waals surface area contributed by atoms with Crippen LogP contribution in [0.1, 0.15) is 113 Å². The summed E-state index contributed by atoms with van der Waals surface area (Å²) in [6, 6.07) is 0.307. The summed E-state index contributed by atoms with van der Waals surface area (Å²) in [5.41, 5.74) is 7.61. The molecule has 0 aromatic rings. The Bertz CT molecular complexity index is 695. The predicted octanol–water partition coefficient (Wildman–Crippen LogP) is 7.96. The summed E-state index contributed by atoms with van der Waals surface area (Å²) >= 11 is 0. The lowest BCUT2D eigenvalue weighted by atomic mass is 9.43. The Labute approximate surface area is 200 Å². The van der Waals surface area contributed by atoms with Crippen molar-refractivity contribution < 1.29 is 0 Å². The molecule has 10 atom stereocenters. The Balaban J connectivity index is 1.50. The Morgan fingerprint density at radius 3 is 2.12 bits per heavy atom. The molecule has 32 heavy (non-hydrogen) atoms. The molecule has 4 fully saturated rings. The van der Waals surface area contributed by atoms with Crippen LogP contribution in [-0.4, -0.2) is 11.9 Å². The fraction of sp³-hybridized carbons (Fsp3) is 0.967. The van der Waals surface area contributed by atoms with Crippen molar-refractivity contribution in [3.05, 3.63) is 0 Å². The van der Waals surface area contributed by atoms with E-state index in [9.17, 15) is 0 Å². The van der Waals surface area contributed by atoms with E-state index in [1.807, 2.05) is 0 Å². The molecular weight excluding hydrogens is 388 g/mol. The summed E-state index contributed by atoms with van der Waals surface area (Å²) in [6.45, 7) is 19.5. The van der Waals surface area contributed by atoms with E-state index in [-0.39, 0.29) is 0 Å². The average Bonchev–Trinajstić information content (AvgIpc) is 3.08. The van der Waals surface area contributed by atoms with Crippen molar-refractivity contribution in [3.8, 4) is 0 Å². The quantitative estimate of drug-likeness (QED) is 0.340. The molecule has 4 saturated carbocycles. The highest BCUT2D eigenvalue weighted by Gasteiger charge is 2.61. The van der Waals surface area contributed by atoms with Crippen LogP contribution in [0.15, 0.2) is 4.99 Å². The van der Waals surface area contributed by atoms with E-state index >= 15 is 0 Å².